The summed E-state index contributed by atoms with van der Waals surface area (Å²) in [5.41, 5.74) is 0.345. The van der Waals surface area contributed by atoms with Crippen LogP contribution < -0.4 is 10.6 Å². The highest BCUT2D eigenvalue weighted by atomic mass is 16.3. The summed E-state index contributed by atoms with van der Waals surface area (Å²) in [7, 11) is 0. The maximum atomic E-state index is 11.8. The van der Waals surface area contributed by atoms with Gasteiger partial charge in [0.2, 0.25) is 0 Å². The molecule has 1 atom stereocenters. The van der Waals surface area contributed by atoms with E-state index in [0.717, 1.165) is 13.1 Å². The second kappa shape index (κ2) is 5.92. The van der Waals surface area contributed by atoms with E-state index in [1.165, 1.54) is 0 Å². The van der Waals surface area contributed by atoms with Crippen LogP contribution in [0.2, 0.25) is 0 Å². The first-order chi connectivity index (χ1) is 8.70. The molecule has 0 spiro atoms. The van der Waals surface area contributed by atoms with Crippen LogP contribution in [0.15, 0.2) is 6.20 Å². The molecule has 18 heavy (non-hydrogen) atoms. The van der Waals surface area contributed by atoms with E-state index in [1.54, 1.807) is 10.9 Å². The molecular weight excluding hydrogens is 234 g/mol. The number of nitrogens with zero attached hydrogens (tertiary/aromatic N) is 3. The third-order valence-corrected chi connectivity index (χ3v) is 3.11. The summed E-state index contributed by atoms with van der Waals surface area (Å²) in [6.07, 6.45) is 2.36. The number of carbonyl (C=O) groups is 1. The number of rotatable bonds is 6. The lowest BCUT2D eigenvalue weighted by atomic mass is 10.1. The first-order valence-corrected chi connectivity index (χ1v) is 6.22. The summed E-state index contributed by atoms with van der Waals surface area (Å²) in [5.74, 6) is 0.0446. The van der Waals surface area contributed by atoms with Crippen molar-refractivity contribution < 1.29 is 9.90 Å². The van der Waals surface area contributed by atoms with Crippen molar-refractivity contribution in [1.29, 1.82) is 0 Å². The number of aliphatic hydroxyl groups is 1. The van der Waals surface area contributed by atoms with E-state index in [9.17, 15) is 4.79 Å². The van der Waals surface area contributed by atoms with Crippen molar-refractivity contribution in [3.8, 4) is 0 Å². The molecule has 0 aromatic carbocycles. The number of aromatic nitrogens is 3. The van der Waals surface area contributed by atoms with Crippen molar-refractivity contribution in [2.45, 2.75) is 19.4 Å². The van der Waals surface area contributed by atoms with Gasteiger partial charge in [-0.05, 0) is 12.3 Å². The zero-order valence-corrected chi connectivity index (χ0v) is 10.5. The smallest absolute Gasteiger partial charge is 0.273 e. The molecule has 3 N–H and O–H groups in total. The molecule has 1 unspecified atom stereocenters. The molecule has 1 aromatic rings. The highest BCUT2D eigenvalue weighted by Gasteiger charge is 2.21. The van der Waals surface area contributed by atoms with Gasteiger partial charge in [-0.1, -0.05) is 12.1 Å². The van der Waals surface area contributed by atoms with Gasteiger partial charge in [0.1, 0.15) is 0 Å². The largest absolute Gasteiger partial charge is 0.396 e. The first-order valence-electron chi connectivity index (χ1n) is 6.22. The van der Waals surface area contributed by atoms with Crippen LogP contribution in [0.3, 0.4) is 0 Å². The van der Waals surface area contributed by atoms with Crippen molar-refractivity contribution in [3.63, 3.8) is 0 Å². The maximum absolute atomic E-state index is 11.8. The molecule has 7 nitrogen and oxygen atoms in total. The number of hydrogen-bond donors (Lipinski definition) is 3. The lowest BCUT2D eigenvalue weighted by Gasteiger charge is -2.26. The highest BCUT2D eigenvalue weighted by molar-refractivity contribution is 5.91. The molecule has 1 fully saturated rings. The first kappa shape index (κ1) is 13.0. The Morgan fingerprint density at radius 2 is 2.50 bits per heavy atom. The van der Waals surface area contributed by atoms with E-state index in [-0.39, 0.29) is 18.4 Å². The zero-order chi connectivity index (χ0) is 13.0. The lowest BCUT2D eigenvalue weighted by Crippen LogP contribution is -2.43. The van der Waals surface area contributed by atoms with Crippen LogP contribution in [0.25, 0.3) is 0 Å². The molecule has 0 aliphatic carbocycles. The number of carbonyl (C=O) groups excluding carboxylic acids is 1. The third kappa shape index (κ3) is 3.05. The average Bonchev–Trinajstić information content (AvgIpc) is 2.73. The van der Waals surface area contributed by atoms with Gasteiger partial charge in [-0.3, -0.25) is 4.79 Å². The fourth-order valence-corrected chi connectivity index (χ4v) is 1.70. The molecule has 1 amide bonds. The molecule has 100 valence electrons. The van der Waals surface area contributed by atoms with Crippen LogP contribution in [0.1, 0.15) is 29.9 Å². The monoisotopic (exact) mass is 253 g/mol. The Morgan fingerprint density at radius 3 is 3.11 bits per heavy atom. The Hall–Kier alpha value is -1.47. The second-order valence-corrected chi connectivity index (χ2v) is 4.72. The Kier molecular flexibility index (Phi) is 4.27. The number of aliphatic hydroxyl groups excluding tert-OH is 1. The second-order valence-electron chi connectivity index (χ2n) is 4.72. The van der Waals surface area contributed by atoms with Crippen molar-refractivity contribution in [3.05, 3.63) is 11.9 Å². The van der Waals surface area contributed by atoms with Gasteiger partial charge in [-0.2, -0.15) is 0 Å². The normalized spacial score (nSPS) is 17.2. The van der Waals surface area contributed by atoms with Crippen LogP contribution >= 0.6 is 0 Å². The van der Waals surface area contributed by atoms with Gasteiger partial charge in [0, 0.05) is 26.2 Å². The van der Waals surface area contributed by atoms with Crippen molar-refractivity contribution >= 4 is 5.91 Å². The van der Waals surface area contributed by atoms with E-state index < -0.39 is 0 Å². The summed E-state index contributed by atoms with van der Waals surface area (Å²) in [6, 6.07) is 0.312. The van der Waals surface area contributed by atoms with Gasteiger partial charge in [0.05, 0.1) is 12.2 Å². The van der Waals surface area contributed by atoms with Crippen LogP contribution in [0.4, 0.5) is 0 Å². The summed E-state index contributed by atoms with van der Waals surface area (Å²) in [4.78, 5) is 11.8. The van der Waals surface area contributed by atoms with Crippen molar-refractivity contribution in [1.82, 2.24) is 25.6 Å². The van der Waals surface area contributed by atoms with Crippen LogP contribution in [-0.2, 0) is 0 Å². The Morgan fingerprint density at radius 1 is 1.72 bits per heavy atom. The van der Waals surface area contributed by atoms with E-state index in [4.69, 9.17) is 5.11 Å². The molecular formula is C11H19N5O2. The Labute approximate surface area is 106 Å². The minimum atomic E-state index is -0.210. The topological polar surface area (TPSA) is 92.1 Å². The van der Waals surface area contributed by atoms with E-state index in [2.05, 4.69) is 20.9 Å². The average molecular weight is 253 g/mol. The molecule has 1 saturated heterocycles. The maximum Gasteiger partial charge on any atom is 0.273 e. The summed E-state index contributed by atoms with van der Waals surface area (Å²) < 4.78 is 1.72. The standard InChI is InChI=1S/C11H19N5O2/c1-8(2-3-17)4-13-11(18)10-7-16(15-14-10)9-5-12-6-9/h7-9,12,17H,2-6H2,1H3,(H,13,18). The van der Waals surface area contributed by atoms with Gasteiger partial charge < -0.3 is 15.7 Å². The fourth-order valence-electron chi connectivity index (χ4n) is 1.70. The minimum Gasteiger partial charge on any atom is -0.396 e. The van der Waals surface area contributed by atoms with Gasteiger partial charge >= 0.3 is 0 Å². The molecule has 2 rings (SSSR count). The van der Waals surface area contributed by atoms with Crippen LogP contribution in [0.5, 0.6) is 0 Å². The van der Waals surface area contributed by atoms with E-state index >= 15 is 0 Å². The Bertz CT molecular complexity index is 402. The fraction of sp³-hybridized carbons (Fsp3) is 0.727. The summed E-state index contributed by atoms with van der Waals surface area (Å²) in [5, 5.41) is 22.5. The molecule has 0 saturated carbocycles. The number of amides is 1. The number of nitrogens with one attached hydrogen (secondary N) is 2. The molecule has 1 aliphatic rings. The van der Waals surface area contributed by atoms with Gasteiger partial charge in [-0.25, -0.2) is 4.68 Å². The van der Waals surface area contributed by atoms with Crippen LogP contribution in [0, 0.1) is 5.92 Å². The quantitative estimate of drug-likeness (QED) is 0.615. The van der Waals surface area contributed by atoms with Crippen molar-refractivity contribution in [2.75, 3.05) is 26.2 Å². The summed E-state index contributed by atoms with van der Waals surface area (Å²) in [6.45, 7) is 4.41. The Balaban J connectivity index is 1.82. The van der Waals surface area contributed by atoms with Gasteiger partial charge in [-0.15, -0.1) is 5.10 Å². The van der Waals surface area contributed by atoms with E-state index in [0.29, 0.717) is 24.7 Å². The minimum absolute atomic E-state index is 0.141. The summed E-state index contributed by atoms with van der Waals surface area (Å²) >= 11 is 0. The zero-order valence-electron chi connectivity index (χ0n) is 10.5. The van der Waals surface area contributed by atoms with Crippen LogP contribution in [-0.4, -0.2) is 52.2 Å². The van der Waals surface area contributed by atoms with Gasteiger partial charge in [0.15, 0.2) is 5.69 Å². The number of hydrogen-bond acceptors (Lipinski definition) is 5. The lowest BCUT2D eigenvalue weighted by molar-refractivity contribution is 0.0940. The molecule has 1 aromatic heterocycles. The molecule has 0 bridgehead atoms. The highest BCUT2D eigenvalue weighted by Crippen LogP contribution is 2.09. The van der Waals surface area contributed by atoms with E-state index in [1.807, 2.05) is 6.92 Å². The SMILES string of the molecule is CC(CCO)CNC(=O)c1cn(C2CNC2)nn1. The predicted molar refractivity (Wildman–Crippen MR) is 65.1 cm³/mol. The molecule has 0 radical (unpaired) electrons. The van der Waals surface area contributed by atoms with Gasteiger partial charge in [0.25, 0.3) is 5.91 Å². The molecule has 1 aliphatic heterocycles. The molecule has 7 heteroatoms. The molecule has 2 heterocycles. The predicted octanol–water partition coefficient (Wildman–Crippen LogP) is -0.829. The third-order valence-electron chi connectivity index (χ3n) is 3.11. The van der Waals surface area contributed by atoms with Crippen molar-refractivity contribution in [2.24, 2.45) is 5.92 Å².